The summed E-state index contributed by atoms with van der Waals surface area (Å²) in [5, 5.41) is 9.55. The summed E-state index contributed by atoms with van der Waals surface area (Å²) in [6.07, 6.45) is 7.27. The van der Waals surface area contributed by atoms with Crippen molar-refractivity contribution < 1.29 is 19.1 Å². The van der Waals surface area contributed by atoms with E-state index in [1.807, 2.05) is 4.90 Å². The van der Waals surface area contributed by atoms with Crippen molar-refractivity contribution in [3.63, 3.8) is 0 Å². The summed E-state index contributed by atoms with van der Waals surface area (Å²) < 4.78 is 5.08. The van der Waals surface area contributed by atoms with E-state index in [9.17, 15) is 14.7 Å². The molecular formula is C19H20N2O4. The Hall–Kier alpha value is -2.63. The SMILES string of the molecule is O=C(O)c1cc2c(nc1-c1ccoc1)CCN(C(=O)CC1CC1)CC2. The molecular weight excluding hydrogens is 320 g/mol. The average molecular weight is 340 g/mol. The van der Waals surface area contributed by atoms with Crippen LogP contribution in [-0.2, 0) is 17.6 Å². The maximum absolute atomic E-state index is 12.4. The first-order chi connectivity index (χ1) is 12.1. The zero-order valence-electron chi connectivity index (χ0n) is 13.9. The van der Waals surface area contributed by atoms with Crippen LogP contribution in [0.15, 0.2) is 29.1 Å². The van der Waals surface area contributed by atoms with E-state index in [1.165, 1.54) is 12.5 Å². The van der Waals surface area contributed by atoms with Crippen molar-refractivity contribution in [1.82, 2.24) is 9.88 Å². The second-order valence-electron chi connectivity index (χ2n) is 6.84. The van der Waals surface area contributed by atoms with E-state index in [1.54, 1.807) is 12.1 Å². The van der Waals surface area contributed by atoms with Crippen molar-refractivity contribution >= 4 is 11.9 Å². The van der Waals surface area contributed by atoms with Gasteiger partial charge in [-0.2, -0.15) is 0 Å². The van der Waals surface area contributed by atoms with Crippen LogP contribution < -0.4 is 0 Å². The number of hydrogen-bond acceptors (Lipinski definition) is 4. The van der Waals surface area contributed by atoms with Gasteiger partial charge in [-0.3, -0.25) is 9.78 Å². The number of carbonyl (C=O) groups excluding carboxylic acids is 1. The molecule has 0 spiro atoms. The number of furan rings is 1. The zero-order chi connectivity index (χ0) is 17.4. The summed E-state index contributed by atoms with van der Waals surface area (Å²) >= 11 is 0. The van der Waals surface area contributed by atoms with Gasteiger partial charge in [-0.1, -0.05) is 0 Å². The van der Waals surface area contributed by atoms with Crippen molar-refractivity contribution in [2.24, 2.45) is 5.92 Å². The number of carboxylic acids is 1. The van der Waals surface area contributed by atoms with Gasteiger partial charge in [0.15, 0.2) is 0 Å². The summed E-state index contributed by atoms with van der Waals surface area (Å²) in [4.78, 5) is 30.6. The van der Waals surface area contributed by atoms with E-state index in [4.69, 9.17) is 4.42 Å². The third-order valence-corrected chi connectivity index (χ3v) is 5.00. The Labute approximate surface area is 145 Å². The van der Waals surface area contributed by atoms with Crippen molar-refractivity contribution in [2.45, 2.75) is 32.1 Å². The molecule has 1 amide bonds. The number of carboxylic acid groups (broad SMARTS) is 1. The Morgan fingerprint density at radius 2 is 2.08 bits per heavy atom. The van der Waals surface area contributed by atoms with Gasteiger partial charge in [-0.25, -0.2) is 4.79 Å². The maximum atomic E-state index is 12.4. The molecule has 0 unspecified atom stereocenters. The molecule has 1 fully saturated rings. The molecule has 1 aliphatic carbocycles. The molecule has 6 heteroatoms. The molecule has 1 aliphatic heterocycles. The highest BCUT2D eigenvalue weighted by Crippen LogP contribution is 2.33. The third kappa shape index (κ3) is 3.29. The van der Waals surface area contributed by atoms with Crippen LogP contribution in [-0.4, -0.2) is 40.0 Å². The molecule has 2 aromatic rings. The lowest BCUT2D eigenvalue weighted by molar-refractivity contribution is -0.131. The fourth-order valence-electron chi connectivity index (χ4n) is 3.36. The second kappa shape index (κ2) is 6.35. The number of rotatable bonds is 4. The molecule has 1 saturated carbocycles. The molecule has 6 nitrogen and oxygen atoms in total. The molecule has 2 aromatic heterocycles. The van der Waals surface area contributed by atoms with E-state index in [-0.39, 0.29) is 11.5 Å². The minimum absolute atomic E-state index is 0.179. The number of aromatic nitrogens is 1. The average Bonchev–Trinajstić information content (AvgIpc) is 3.29. The Kier molecular flexibility index (Phi) is 4.03. The van der Waals surface area contributed by atoms with Gasteiger partial charge >= 0.3 is 5.97 Å². The topological polar surface area (TPSA) is 83.6 Å². The molecule has 2 aliphatic rings. The number of fused-ring (bicyclic) bond motifs is 1. The summed E-state index contributed by atoms with van der Waals surface area (Å²) in [6, 6.07) is 3.42. The van der Waals surface area contributed by atoms with Gasteiger partial charge in [0, 0.05) is 37.2 Å². The molecule has 0 aromatic carbocycles. The summed E-state index contributed by atoms with van der Waals surface area (Å²) in [7, 11) is 0. The lowest BCUT2D eigenvalue weighted by atomic mass is 10.0. The predicted octanol–water partition coefficient (Wildman–Crippen LogP) is 2.77. The van der Waals surface area contributed by atoms with Crippen LogP contribution in [0.3, 0.4) is 0 Å². The molecule has 0 saturated heterocycles. The van der Waals surface area contributed by atoms with Crippen LogP contribution in [0.2, 0.25) is 0 Å². The fraction of sp³-hybridized carbons (Fsp3) is 0.421. The standard InChI is InChI=1S/C19H20N2O4/c22-17(9-12-1-2-12)21-6-3-13-10-15(19(23)24)18(14-5-8-25-11-14)20-16(13)4-7-21/h5,8,10-12H,1-4,6-7,9H2,(H,23,24). The van der Waals surface area contributed by atoms with Gasteiger partial charge in [0.25, 0.3) is 0 Å². The van der Waals surface area contributed by atoms with E-state index < -0.39 is 5.97 Å². The Morgan fingerprint density at radius 3 is 2.76 bits per heavy atom. The molecule has 1 N–H and O–H groups in total. The summed E-state index contributed by atoms with van der Waals surface area (Å²) in [5.41, 5.74) is 3.07. The monoisotopic (exact) mass is 340 g/mol. The highest BCUT2D eigenvalue weighted by atomic mass is 16.4. The first kappa shape index (κ1) is 15.9. The molecule has 130 valence electrons. The summed E-state index contributed by atoms with van der Waals surface area (Å²) in [6.45, 7) is 1.27. The normalized spacial score (nSPS) is 17.0. The lowest BCUT2D eigenvalue weighted by Gasteiger charge is -2.19. The largest absolute Gasteiger partial charge is 0.478 e. The summed E-state index contributed by atoms with van der Waals surface area (Å²) in [5.74, 6) is -0.219. The smallest absolute Gasteiger partial charge is 0.337 e. The van der Waals surface area contributed by atoms with Crippen LogP contribution in [0.25, 0.3) is 11.3 Å². The highest BCUT2D eigenvalue weighted by molar-refractivity contribution is 5.95. The van der Waals surface area contributed by atoms with E-state index >= 15 is 0 Å². The predicted molar refractivity (Wildman–Crippen MR) is 90.2 cm³/mol. The molecule has 4 rings (SSSR count). The van der Waals surface area contributed by atoms with Gasteiger partial charge in [-0.15, -0.1) is 0 Å². The zero-order valence-corrected chi connectivity index (χ0v) is 13.9. The van der Waals surface area contributed by atoms with Gasteiger partial charge in [-0.05, 0) is 42.9 Å². The van der Waals surface area contributed by atoms with Crippen molar-refractivity contribution in [3.05, 3.63) is 41.5 Å². The van der Waals surface area contributed by atoms with Crippen LogP contribution in [0.4, 0.5) is 0 Å². The lowest BCUT2D eigenvalue weighted by Crippen LogP contribution is -2.33. The number of amides is 1. The minimum atomic E-state index is -1.00. The van der Waals surface area contributed by atoms with Gasteiger partial charge in [0.2, 0.25) is 5.91 Å². The molecule has 0 atom stereocenters. The number of hydrogen-bond donors (Lipinski definition) is 1. The Balaban J connectivity index is 1.61. The fourth-order valence-corrected chi connectivity index (χ4v) is 3.36. The van der Waals surface area contributed by atoms with Crippen molar-refractivity contribution in [3.8, 4) is 11.3 Å². The Morgan fingerprint density at radius 1 is 1.28 bits per heavy atom. The second-order valence-corrected chi connectivity index (χ2v) is 6.84. The minimum Gasteiger partial charge on any atom is -0.478 e. The quantitative estimate of drug-likeness (QED) is 0.925. The van der Waals surface area contributed by atoms with E-state index in [2.05, 4.69) is 4.98 Å². The number of aromatic carboxylic acids is 1. The third-order valence-electron chi connectivity index (χ3n) is 5.00. The van der Waals surface area contributed by atoms with Crippen molar-refractivity contribution in [2.75, 3.05) is 13.1 Å². The van der Waals surface area contributed by atoms with E-state index in [0.717, 1.165) is 24.1 Å². The molecule has 3 heterocycles. The number of carbonyl (C=O) groups is 2. The first-order valence-electron chi connectivity index (χ1n) is 8.68. The van der Waals surface area contributed by atoms with Crippen LogP contribution in [0, 0.1) is 5.92 Å². The van der Waals surface area contributed by atoms with Gasteiger partial charge in [0.1, 0.15) is 0 Å². The van der Waals surface area contributed by atoms with Crippen LogP contribution >= 0.6 is 0 Å². The van der Waals surface area contributed by atoms with Crippen molar-refractivity contribution in [1.29, 1.82) is 0 Å². The first-order valence-corrected chi connectivity index (χ1v) is 8.68. The number of pyridine rings is 1. The molecule has 0 radical (unpaired) electrons. The van der Waals surface area contributed by atoms with E-state index in [0.29, 0.717) is 49.5 Å². The van der Waals surface area contributed by atoms with Crippen LogP contribution in [0.1, 0.15) is 40.9 Å². The maximum Gasteiger partial charge on any atom is 0.337 e. The van der Waals surface area contributed by atoms with Crippen LogP contribution in [0.5, 0.6) is 0 Å². The van der Waals surface area contributed by atoms with Gasteiger partial charge in [0.05, 0.1) is 23.8 Å². The highest BCUT2D eigenvalue weighted by Gasteiger charge is 2.28. The molecule has 0 bridgehead atoms. The molecule has 25 heavy (non-hydrogen) atoms. The number of nitrogens with zero attached hydrogens (tertiary/aromatic N) is 2. The Bertz CT molecular complexity index is 809. The van der Waals surface area contributed by atoms with Gasteiger partial charge < -0.3 is 14.4 Å².